The Balaban J connectivity index is 1.45. The zero-order chi connectivity index (χ0) is 22.2. The van der Waals surface area contributed by atoms with Gasteiger partial charge < -0.3 is 24.4 Å². The molecule has 2 N–H and O–H groups in total. The molecule has 31 heavy (non-hydrogen) atoms. The summed E-state index contributed by atoms with van der Waals surface area (Å²) in [5.74, 6) is -1.96. The molecule has 3 aliphatic heterocycles. The summed E-state index contributed by atoms with van der Waals surface area (Å²) in [6.07, 6.45) is 2.35. The van der Waals surface area contributed by atoms with E-state index in [-0.39, 0.29) is 31.3 Å². The Kier molecular flexibility index (Phi) is 4.79. The van der Waals surface area contributed by atoms with Gasteiger partial charge in [-0.3, -0.25) is 4.79 Å². The van der Waals surface area contributed by atoms with E-state index in [9.17, 15) is 15.0 Å². The molecule has 6 nitrogen and oxygen atoms in total. The molecule has 2 aliphatic carbocycles. The van der Waals surface area contributed by atoms with Crippen LogP contribution in [0.5, 0.6) is 0 Å². The molecule has 7 heteroatoms. The van der Waals surface area contributed by atoms with Crippen LogP contribution >= 0.6 is 15.9 Å². The Labute approximate surface area is 190 Å². The molecule has 3 saturated heterocycles. The van der Waals surface area contributed by atoms with Gasteiger partial charge in [-0.25, -0.2) is 0 Å². The molecule has 4 fully saturated rings. The van der Waals surface area contributed by atoms with Gasteiger partial charge in [0.05, 0.1) is 6.61 Å². The van der Waals surface area contributed by atoms with Crippen LogP contribution in [0.4, 0.5) is 0 Å². The summed E-state index contributed by atoms with van der Waals surface area (Å²) < 4.78 is 19.0. The van der Waals surface area contributed by atoms with Crippen LogP contribution in [0.15, 0.2) is 40.4 Å². The topological polar surface area (TPSA) is 85.2 Å². The normalized spacial score (nSPS) is 45.2. The van der Waals surface area contributed by atoms with Crippen molar-refractivity contribution in [1.29, 1.82) is 0 Å². The molecule has 4 bridgehead atoms. The van der Waals surface area contributed by atoms with E-state index in [2.05, 4.69) is 28.9 Å². The van der Waals surface area contributed by atoms with E-state index in [1.807, 2.05) is 31.2 Å². The van der Waals surface area contributed by atoms with Crippen LogP contribution < -0.4 is 0 Å². The fourth-order valence-electron chi connectivity index (χ4n) is 6.31. The standard InChI is InChI=1S/C24H29BrO6/c1-14-7-9-17-21(2)13-29-20-19(23(14,17)12-24(28,31-20)22(21,3)27)30-18(26)10-8-15-5-4-6-16(25)11-15/h4-6,9,11,14,19-20,27-28H,7-8,10,12-13H2,1-3H3/t14-,19+,20?,21-,22-,23+,24-/m1/s1. The van der Waals surface area contributed by atoms with Crippen molar-refractivity contribution >= 4 is 21.9 Å². The molecule has 5 aliphatic rings. The summed E-state index contributed by atoms with van der Waals surface area (Å²) >= 11 is 3.46. The van der Waals surface area contributed by atoms with Crippen molar-refractivity contribution < 1.29 is 29.2 Å². The van der Waals surface area contributed by atoms with Crippen LogP contribution in [-0.4, -0.2) is 46.6 Å². The lowest BCUT2D eigenvalue weighted by Gasteiger charge is -2.64. The highest BCUT2D eigenvalue weighted by Gasteiger charge is 2.78. The van der Waals surface area contributed by atoms with Crippen LogP contribution in [0.2, 0.25) is 0 Å². The summed E-state index contributed by atoms with van der Waals surface area (Å²) in [6, 6.07) is 7.86. The van der Waals surface area contributed by atoms with Crippen molar-refractivity contribution in [2.75, 3.05) is 6.61 Å². The number of carbonyl (C=O) groups is 1. The Morgan fingerprint density at radius 2 is 2.10 bits per heavy atom. The highest BCUT2D eigenvalue weighted by molar-refractivity contribution is 9.10. The van der Waals surface area contributed by atoms with Gasteiger partial charge in [-0.05, 0) is 43.4 Å². The lowest BCUT2D eigenvalue weighted by Crippen LogP contribution is -2.75. The number of carbonyl (C=O) groups excluding carboxylic acids is 1. The number of ether oxygens (including phenoxy) is 3. The van der Waals surface area contributed by atoms with Gasteiger partial charge in [0, 0.05) is 28.1 Å². The molecule has 1 aromatic carbocycles. The van der Waals surface area contributed by atoms with Crippen LogP contribution in [0.1, 0.15) is 45.6 Å². The number of fused-ring (bicyclic) bond motifs is 1. The maximum absolute atomic E-state index is 12.9. The molecule has 6 rings (SSSR count). The van der Waals surface area contributed by atoms with E-state index in [1.165, 1.54) is 0 Å². The Bertz CT molecular complexity index is 959. The number of aliphatic hydroxyl groups is 2. The smallest absolute Gasteiger partial charge is 0.306 e. The van der Waals surface area contributed by atoms with E-state index >= 15 is 0 Å². The Hall–Kier alpha value is -1.25. The van der Waals surface area contributed by atoms with E-state index < -0.39 is 34.6 Å². The van der Waals surface area contributed by atoms with E-state index in [4.69, 9.17) is 14.2 Å². The SMILES string of the molecule is C[C@@H]1CC=C2[C@]13C[C@@]1(O)OC(OC[C@@]2(C)[C@@]1(C)O)[C@@H]3OC(=O)CCc1cccc(Br)c1. The van der Waals surface area contributed by atoms with E-state index in [1.54, 1.807) is 6.92 Å². The van der Waals surface area contributed by atoms with Crippen LogP contribution in [0.25, 0.3) is 0 Å². The predicted octanol–water partition coefficient (Wildman–Crippen LogP) is 3.48. The first kappa shape index (κ1) is 21.6. The maximum atomic E-state index is 12.9. The first-order valence-corrected chi connectivity index (χ1v) is 11.7. The highest BCUT2D eigenvalue weighted by atomic mass is 79.9. The molecule has 168 valence electrons. The van der Waals surface area contributed by atoms with Gasteiger partial charge in [0.2, 0.25) is 0 Å². The Morgan fingerprint density at radius 1 is 1.32 bits per heavy atom. The number of rotatable bonds is 4. The third-order valence-corrected chi connectivity index (χ3v) is 8.88. The van der Waals surface area contributed by atoms with Crippen molar-refractivity contribution in [3.8, 4) is 0 Å². The molecular weight excluding hydrogens is 464 g/mol. The molecule has 0 aromatic heterocycles. The van der Waals surface area contributed by atoms with Crippen molar-refractivity contribution in [3.05, 3.63) is 46.0 Å². The third kappa shape index (κ3) is 2.80. The minimum absolute atomic E-state index is 0.125. The number of hydrogen-bond donors (Lipinski definition) is 2. The zero-order valence-electron chi connectivity index (χ0n) is 18.1. The molecule has 1 aromatic rings. The van der Waals surface area contributed by atoms with Crippen LogP contribution in [0, 0.1) is 16.7 Å². The lowest BCUT2D eigenvalue weighted by atomic mass is 9.48. The van der Waals surface area contributed by atoms with Gasteiger partial charge >= 0.3 is 5.97 Å². The van der Waals surface area contributed by atoms with Crippen molar-refractivity contribution in [1.82, 2.24) is 0 Å². The molecule has 0 radical (unpaired) electrons. The lowest BCUT2D eigenvalue weighted by molar-refractivity contribution is -0.407. The average molecular weight is 493 g/mol. The molecule has 0 amide bonds. The third-order valence-electron chi connectivity index (χ3n) is 8.39. The quantitative estimate of drug-likeness (QED) is 0.494. The minimum Gasteiger partial charge on any atom is -0.456 e. The van der Waals surface area contributed by atoms with Crippen molar-refractivity contribution in [2.24, 2.45) is 16.7 Å². The molecular formula is C24H29BrO6. The summed E-state index contributed by atoms with van der Waals surface area (Å²) in [4.78, 5) is 12.9. The summed E-state index contributed by atoms with van der Waals surface area (Å²) in [7, 11) is 0. The van der Waals surface area contributed by atoms with Crippen molar-refractivity contribution in [3.63, 3.8) is 0 Å². The van der Waals surface area contributed by atoms with Gasteiger partial charge in [-0.1, -0.05) is 53.6 Å². The first-order chi connectivity index (χ1) is 14.5. The van der Waals surface area contributed by atoms with Crippen LogP contribution in [0.3, 0.4) is 0 Å². The summed E-state index contributed by atoms with van der Waals surface area (Å²) in [5.41, 5.74) is -0.901. The second-order valence-corrected chi connectivity index (χ2v) is 10.9. The van der Waals surface area contributed by atoms with Gasteiger partial charge in [0.1, 0.15) is 5.60 Å². The van der Waals surface area contributed by atoms with Gasteiger partial charge in [-0.2, -0.15) is 0 Å². The van der Waals surface area contributed by atoms with Crippen molar-refractivity contribution in [2.45, 2.75) is 70.2 Å². The number of benzene rings is 1. The predicted molar refractivity (Wildman–Crippen MR) is 116 cm³/mol. The second kappa shape index (κ2) is 6.87. The monoisotopic (exact) mass is 492 g/mol. The summed E-state index contributed by atoms with van der Waals surface area (Å²) in [5, 5.41) is 22.9. The molecule has 3 heterocycles. The number of halogens is 1. The number of aryl methyl sites for hydroxylation is 1. The average Bonchev–Trinajstić information content (AvgIpc) is 2.97. The van der Waals surface area contributed by atoms with Gasteiger partial charge in [0.25, 0.3) is 0 Å². The number of esters is 1. The molecule has 1 saturated carbocycles. The molecule has 1 unspecified atom stereocenters. The Morgan fingerprint density at radius 3 is 2.84 bits per heavy atom. The molecule has 7 atom stereocenters. The summed E-state index contributed by atoms with van der Waals surface area (Å²) in [6.45, 7) is 5.84. The highest BCUT2D eigenvalue weighted by Crippen LogP contribution is 2.71. The van der Waals surface area contributed by atoms with E-state index in [0.29, 0.717) is 6.42 Å². The maximum Gasteiger partial charge on any atom is 0.306 e. The molecule has 1 spiro atoms. The number of hydrogen-bond acceptors (Lipinski definition) is 6. The zero-order valence-corrected chi connectivity index (χ0v) is 19.6. The van der Waals surface area contributed by atoms with Gasteiger partial charge in [0.15, 0.2) is 18.2 Å². The largest absolute Gasteiger partial charge is 0.456 e. The fraction of sp³-hybridized carbons (Fsp3) is 0.625. The second-order valence-electron chi connectivity index (χ2n) is 10.00. The van der Waals surface area contributed by atoms with Crippen LogP contribution in [-0.2, 0) is 25.4 Å². The fourth-order valence-corrected chi connectivity index (χ4v) is 6.75. The van der Waals surface area contributed by atoms with Gasteiger partial charge in [-0.15, -0.1) is 0 Å². The van der Waals surface area contributed by atoms with E-state index in [0.717, 1.165) is 22.0 Å². The minimum atomic E-state index is -1.77. The number of allylic oxidation sites excluding steroid dienone is 1. The first-order valence-electron chi connectivity index (χ1n) is 10.9.